The number of guanidine groups is 1. The average molecular weight is 504 g/mol. The zero-order chi connectivity index (χ0) is 19.6. The lowest BCUT2D eigenvalue weighted by atomic mass is 9.97. The Morgan fingerprint density at radius 3 is 2.71 bits per heavy atom. The first-order valence-corrected chi connectivity index (χ1v) is 10.2. The number of benzene rings is 1. The second-order valence-electron chi connectivity index (χ2n) is 7.24. The summed E-state index contributed by atoms with van der Waals surface area (Å²) in [6.07, 6.45) is 2.52. The molecule has 28 heavy (non-hydrogen) atoms. The summed E-state index contributed by atoms with van der Waals surface area (Å²) in [5, 5.41) is 6.73. The lowest BCUT2D eigenvalue weighted by Gasteiger charge is -2.34. The number of rotatable bonds is 8. The number of methoxy groups -OCH3 is 1. The molecule has 0 spiro atoms. The maximum atomic E-state index is 5.67. The molecule has 7 heteroatoms. The van der Waals surface area contributed by atoms with Crippen molar-refractivity contribution in [3.05, 3.63) is 18.2 Å². The van der Waals surface area contributed by atoms with Crippen LogP contribution in [0.2, 0.25) is 0 Å². The van der Waals surface area contributed by atoms with Crippen LogP contribution >= 0.6 is 24.0 Å². The summed E-state index contributed by atoms with van der Waals surface area (Å²) in [6, 6.07) is 6.46. The van der Waals surface area contributed by atoms with Gasteiger partial charge in [0.2, 0.25) is 0 Å². The fourth-order valence-electron chi connectivity index (χ4n) is 3.40. The predicted molar refractivity (Wildman–Crippen MR) is 129 cm³/mol. The third-order valence-corrected chi connectivity index (χ3v) is 4.86. The predicted octanol–water partition coefficient (Wildman–Crippen LogP) is 4.21. The zero-order valence-electron chi connectivity index (χ0n) is 18.0. The molecule has 2 rings (SSSR count). The molecule has 1 aromatic carbocycles. The third-order valence-electron chi connectivity index (χ3n) is 4.86. The van der Waals surface area contributed by atoms with E-state index in [2.05, 4.69) is 36.3 Å². The number of likely N-dealkylation sites (tertiary alicyclic amines) is 1. The Bertz CT molecular complexity index is 610. The van der Waals surface area contributed by atoms with Crippen molar-refractivity contribution in [3.63, 3.8) is 0 Å². The molecule has 0 saturated carbocycles. The van der Waals surface area contributed by atoms with Crippen molar-refractivity contribution >= 4 is 35.6 Å². The van der Waals surface area contributed by atoms with Gasteiger partial charge in [0.25, 0.3) is 0 Å². The minimum Gasteiger partial charge on any atom is -0.493 e. The summed E-state index contributed by atoms with van der Waals surface area (Å²) in [7, 11) is 1.65. The first kappa shape index (κ1) is 24.8. The van der Waals surface area contributed by atoms with Gasteiger partial charge in [0.15, 0.2) is 17.5 Å². The summed E-state index contributed by atoms with van der Waals surface area (Å²) in [5.74, 6) is 2.90. The van der Waals surface area contributed by atoms with Crippen molar-refractivity contribution in [1.82, 2.24) is 10.2 Å². The standard InChI is InChI=1S/C21H36N4O2.HI/c1-6-22-21(23-14-17-9-8-12-25(15-17)16(3)4)24-18-10-11-19(26-5)20(13-18)27-7-2;/h10-11,13,16-17H,6-9,12,14-15H2,1-5H3,(H2,22,23,24);1H. The Hall–Kier alpha value is -1.22. The minimum atomic E-state index is 0. The van der Waals surface area contributed by atoms with E-state index >= 15 is 0 Å². The molecule has 160 valence electrons. The van der Waals surface area contributed by atoms with Crippen LogP contribution in [-0.2, 0) is 0 Å². The van der Waals surface area contributed by atoms with Crippen LogP contribution in [-0.4, -0.2) is 56.8 Å². The normalized spacial score (nSPS) is 17.8. The van der Waals surface area contributed by atoms with Gasteiger partial charge in [-0.15, -0.1) is 24.0 Å². The molecule has 0 radical (unpaired) electrons. The molecule has 1 aromatic rings. The van der Waals surface area contributed by atoms with E-state index in [1.54, 1.807) is 7.11 Å². The highest BCUT2D eigenvalue weighted by atomic mass is 127. The number of anilines is 1. The van der Waals surface area contributed by atoms with E-state index in [1.165, 1.54) is 19.4 Å². The Labute approximate surface area is 187 Å². The van der Waals surface area contributed by atoms with Gasteiger partial charge in [-0.3, -0.25) is 4.99 Å². The van der Waals surface area contributed by atoms with Crippen LogP contribution in [0.15, 0.2) is 23.2 Å². The van der Waals surface area contributed by atoms with Gasteiger partial charge < -0.3 is 25.0 Å². The second kappa shape index (κ2) is 13.1. The van der Waals surface area contributed by atoms with E-state index < -0.39 is 0 Å². The van der Waals surface area contributed by atoms with Gasteiger partial charge in [-0.2, -0.15) is 0 Å². The van der Waals surface area contributed by atoms with Crippen molar-refractivity contribution < 1.29 is 9.47 Å². The molecule has 1 saturated heterocycles. The summed E-state index contributed by atoms with van der Waals surface area (Å²) in [5.41, 5.74) is 0.936. The molecule has 6 nitrogen and oxygen atoms in total. The van der Waals surface area contributed by atoms with Crippen molar-refractivity contribution in [3.8, 4) is 11.5 Å². The van der Waals surface area contributed by atoms with E-state index in [4.69, 9.17) is 14.5 Å². The summed E-state index contributed by atoms with van der Waals surface area (Å²) in [4.78, 5) is 7.40. The first-order chi connectivity index (χ1) is 13.1. The quantitative estimate of drug-likeness (QED) is 0.316. The third kappa shape index (κ3) is 7.66. The average Bonchev–Trinajstić information content (AvgIpc) is 2.67. The highest BCUT2D eigenvalue weighted by molar-refractivity contribution is 14.0. The van der Waals surface area contributed by atoms with Crippen molar-refractivity contribution in [2.75, 3.05) is 45.2 Å². The van der Waals surface area contributed by atoms with Gasteiger partial charge >= 0.3 is 0 Å². The van der Waals surface area contributed by atoms with Crippen molar-refractivity contribution in [2.24, 2.45) is 10.9 Å². The largest absolute Gasteiger partial charge is 0.493 e. The zero-order valence-corrected chi connectivity index (χ0v) is 20.3. The van der Waals surface area contributed by atoms with E-state index in [0.29, 0.717) is 18.6 Å². The summed E-state index contributed by atoms with van der Waals surface area (Å²) in [6.45, 7) is 13.2. The van der Waals surface area contributed by atoms with Crippen LogP contribution in [0.3, 0.4) is 0 Å². The molecule has 1 atom stereocenters. The topological polar surface area (TPSA) is 58.1 Å². The molecule has 1 aliphatic heterocycles. The first-order valence-electron chi connectivity index (χ1n) is 10.2. The lowest BCUT2D eigenvalue weighted by Crippen LogP contribution is -2.41. The molecular weight excluding hydrogens is 467 g/mol. The van der Waals surface area contributed by atoms with Gasteiger partial charge in [0, 0.05) is 37.4 Å². The Balaban J connectivity index is 0.00000392. The number of hydrogen-bond donors (Lipinski definition) is 2. The fraction of sp³-hybridized carbons (Fsp3) is 0.667. The Morgan fingerprint density at radius 2 is 2.07 bits per heavy atom. The van der Waals surface area contributed by atoms with Crippen LogP contribution in [0.5, 0.6) is 11.5 Å². The number of halogens is 1. The lowest BCUT2D eigenvalue weighted by molar-refractivity contribution is 0.143. The molecule has 1 unspecified atom stereocenters. The molecule has 0 bridgehead atoms. The van der Waals surface area contributed by atoms with Crippen LogP contribution in [0.4, 0.5) is 5.69 Å². The SMILES string of the molecule is CCNC(=NCC1CCCN(C(C)C)C1)Nc1ccc(OC)c(OCC)c1.I. The van der Waals surface area contributed by atoms with E-state index in [-0.39, 0.29) is 24.0 Å². The molecular formula is C21H37IN4O2. The van der Waals surface area contributed by atoms with Crippen LogP contribution in [0, 0.1) is 5.92 Å². The number of hydrogen-bond acceptors (Lipinski definition) is 4. The maximum absolute atomic E-state index is 5.67. The number of nitrogens with zero attached hydrogens (tertiary/aromatic N) is 2. The van der Waals surface area contributed by atoms with Gasteiger partial charge in [-0.05, 0) is 65.1 Å². The van der Waals surface area contributed by atoms with Crippen molar-refractivity contribution in [1.29, 1.82) is 0 Å². The van der Waals surface area contributed by atoms with Gasteiger partial charge in [-0.25, -0.2) is 0 Å². The molecule has 1 aliphatic rings. The summed E-state index contributed by atoms with van der Waals surface area (Å²) >= 11 is 0. The van der Waals surface area contributed by atoms with Crippen LogP contribution < -0.4 is 20.1 Å². The molecule has 1 fully saturated rings. The molecule has 2 N–H and O–H groups in total. The Morgan fingerprint density at radius 1 is 1.29 bits per heavy atom. The molecule has 0 aliphatic carbocycles. The smallest absolute Gasteiger partial charge is 0.195 e. The van der Waals surface area contributed by atoms with Crippen LogP contribution in [0.25, 0.3) is 0 Å². The second-order valence-corrected chi connectivity index (χ2v) is 7.24. The Kier molecular flexibility index (Phi) is 11.6. The molecule has 0 aromatic heterocycles. The van der Waals surface area contributed by atoms with Gasteiger partial charge in [0.05, 0.1) is 13.7 Å². The summed E-state index contributed by atoms with van der Waals surface area (Å²) < 4.78 is 11.0. The van der Waals surface area contributed by atoms with E-state index in [1.807, 2.05) is 25.1 Å². The van der Waals surface area contributed by atoms with Crippen LogP contribution in [0.1, 0.15) is 40.5 Å². The number of nitrogens with one attached hydrogen (secondary N) is 2. The molecule has 0 amide bonds. The highest BCUT2D eigenvalue weighted by Crippen LogP contribution is 2.30. The highest BCUT2D eigenvalue weighted by Gasteiger charge is 2.21. The van der Waals surface area contributed by atoms with Crippen molar-refractivity contribution in [2.45, 2.75) is 46.6 Å². The number of aliphatic imine (C=N–C) groups is 1. The maximum Gasteiger partial charge on any atom is 0.195 e. The van der Waals surface area contributed by atoms with E-state index in [9.17, 15) is 0 Å². The van der Waals surface area contributed by atoms with E-state index in [0.717, 1.165) is 42.8 Å². The monoisotopic (exact) mass is 504 g/mol. The molecule has 1 heterocycles. The number of piperidine rings is 1. The fourth-order valence-corrected chi connectivity index (χ4v) is 3.40. The minimum absolute atomic E-state index is 0. The number of ether oxygens (including phenoxy) is 2. The van der Waals surface area contributed by atoms with Gasteiger partial charge in [-0.1, -0.05) is 0 Å². The van der Waals surface area contributed by atoms with Gasteiger partial charge in [0.1, 0.15) is 0 Å².